The van der Waals surface area contributed by atoms with E-state index in [-0.39, 0.29) is 17.9 Å². The van der Waals surface area contributed by atoms with Gasteiger partial charge in [-0.1, -0.05) is 17.7 Å². The van der Waals surface area contributed by atoms with Crippen molar-refractivity contribution in [2.45, 2.75) is 39.3 Å². The zero-order valence-electron chi connectivity index (χ0n) is 13.7. The van der Waals surface area contributed by atoms with E-state index in [9.17, 15) is 9.59 Å². The van der Waals surface area contributed by atoms with Crippen LogP contribution in [0.15, 0.2) is 35.9 Å². The number of ether oxygens (including phenoxy) is 1. The van der Waals surface area contributed by atoms with E-state index in [4.69, 9.17) is 4.74 Å². The van der Waals surface area contributed by atoms with Gasteiger partial charge in [0, 0.05) is 31.3 Å². The first-order valence-electron chi connectivity index (χ1n) is 7.96. The molecule has 23 heavy (non-hydrogen) atoms. The molecule has 1 unspecified atom stereocenters. The molecule has 1 aliphatic heterocycles. The van der Waals surface area contributed by atoms with E-state index in [1.807, 2.05) is 26.0 Å². The average Bonchev–Trinajstić information content (AvgIpc) is 3.03. The maximum atomic E-state index is 12.2. The van der Waals surface area contributed by atoms with Crippen LogP contribution >= 0.6 is 0 Å². The summed E-state index contributed by atoms with van der Waals surface area (Å²) in [4.78, 5) is 23.8. The topological polar surface area (TPSA) is 67.4 Å². The Bertz CT molecular complexity index is 586. The molecule has 2 N–H and O–H groups in total. The fourth-order valence-corrected chi connectivity index (χ4v) is 2.44. The van der Waals surface area contributed by atoms with Crippen molar-refractivity contribution in [3.05, 3.63) is 47.0 Å². The molecule has 1 saturated heterocycles. The number of hydrogen-bond donors (Lipinski definition) is 2. The third kappa shape index (κ3) is 5.87. The first-order chi connectivity index (χ1) is 11.0. The second-order valence-electron chi connectivity index (χ2n) is 5.98. The van der Waals surface area contributed by atoms with Crippen molar-refractivity contribution >= 4 is 11.8 Å². The van der Waals surface area contributed by atoms with E-state index >= 15 is 0 Å². The molecule has 1 heterocycles. The van der Waals surface area contributed by atoms with Crippen molar-refractivity contribution in [2.75, 3.05) is 13.2 Å². The Morgan fingerprint density at radius 1 is 1.30 bits per heavy atom. The van der Waals surface area contributed by atoms with Gasteiger partial charge in [0.05, 0.1) is 6.10 Å². The predicted molar refractivity (Wildman–Crippen MR) is 89.0 cm³/mol. The van der Waals surface area contributed by atoms with Crippen molar-refractivity contribution < 1.29 is 14.3 Å². The molecule has 1 aromatic carbocycles. The van der Waals surface area contributed by atoms with Crippen molar-refractivity contribution in [3.63, 3.8) is 0 Å². The number of carbonyl (C=O) groups excluding carboxylic acids is 2. The van der Waals surface area contributed by atoms with Crippen LogP contribution in [-0.4, -0.2) is 31.1 Å². The molecular weight excluding hydrogens is 292 g/mol. The van der Waals surface area contributed by atoms with Crippen molar-refractivity contribution in [1.82, 2.24) is 10.6 Å². The summed E-state index contributed by atoms with van der Waals surface area (Å²) < 4.78 is 5.49. The summed E-state index contributed by atoms with van der Waals surface area (Å²) in [5, 5.41) is 5.70. The van der Waals surface area contributed by atoms with Crippen molar-refractivity contribution in [2.24, 2.45) is 0 Å². The van der Waals surface area contributed by atoms with Crippen LogP contribution in [-0.2, 0) is 16.1 Å². The number of hydrogen-bond acceptors (Lipinski definition) is 3. The summed E-state index contributed by atoms with van der Waals surface area (Å²) in [7, 11) is 0. The first-order valence-corrected chi connectivity index (χ1v) is 7.96. The molecule has 0 aliphatic carbocycles. The fourth-order valence-electron chi connectivity index (χ4n) is 2.44. The SMILES string of the molecule is CC(C)=CC(=O)NCc1cccc(C(=O)NCC2CCCO2)c1. The Morgan fingerprint density at radius 2 is 2.13 bits per heavy atom. The number of rotatable bonds is 6. The van der Waals surface area contributed by atoms with Gasteiger partial charge in [0.25, 0.3) is 5.91 Å². The number of carbonyl (C=O) groups is 2. The molecule has 2 rings (SSSR count). The Balaban J connectivity index is 1.86. The van der Waals surface area contributed by atoms with E-state index in [2.05, 4.69) is 10.6 Å². The quantitative estimate of drug-likeness (QED) is 0.791. The summed E-state index contributed by atoms with van der Waals surface area (Å²) in [6.07, 6.45) is 3.74. The van der Waals surface area contributed by atoms with Crippen LogP contribution in [0.4, 0.5) is 0 Å². The highest BCUT2D eigenvalue weighted by molar-refractivity contribution is 5.94. The lowest BCUT2D eigenvalue weighted by Gasteiger charge is -2.11. The van der Waals surface area contributed by atoms with Crippen molar-refractivity contribution in [1.29, 1.82) is 0 Å². The summed E-state index contributed by atoms with van der Waals surface area (Å²) >= 11 is 0. The van der Waals surface area contributed by atoms with Crippen molar-refractivity contribution in [3.8, 4) is 0 Å². The molecule has 2 amide bonds. The van der Waals surface area contributed by atoms with Crippen LogP contribution in [0.5, 0.6) is 0 Å². The molecule has 124 valence electrons. The van der Waals surface area contributed by atoms with Crippen LogP contribution in [0, 0.1) is 0 Å². The Kier molecular flexibility index (Phi) is 6.35. The number of allylic oxidation sites excluding steroid dienone is 1. The minimum Gasteiger partial charge on any atom is -0.376 e. The molecule has 0 radical (unpaired) electrons. The lowest BCUT2D eigenvalue weighted by Crippen LogP contribution is -2.31. The van der Waals surface area contributed by atoms with Crippen LogP contribution < -0.4 is 10.6 Å². The highest BCUT2D eigenvalue weighted by Gasteiger charge is 2.16. The summed E-state index contributed by atoms with van der Waals surface area (Å²) in [5.41, 5.74) is 2.44. The summed E-state index contributed by atoms with van der Waals surface area (Å²) in [6.45, 7) is 5.47. The molecule has 0 bridgehead atoms. The molecule has 0 spiro atoms. The van der Waals surface area contributed by atoms with Gasteiger partial charge in [-0.3, -0.25) is 9.59 Å². The van der Waals surface area contributed by atoms with E-state index in [0.717, 1.165) is 30.6 Å². The third-order valence-electron chi connectivity index (χ3n) is 3.59. The van der Waals surface area contributed by atoms with Gasteiger partial charge in [0.15, 0.2) is 0 Å². The van der Waals surface area contributed by atoms with Gasteiger partial charge in [0.2, 0.25) is 5.91 Å². The first kappa shape index (κ1) is 17.2. The number of nitrogens with one attached hydrogen (secondary N) is 2. The molecule has 0 saturated carbocycles. The highest BCUT2D eigenvalue weighted by Crippen LogP contribution is 2.11. The van der Waals surface area contributed by atoms with Gasteiger partial charge in [-0.15, -0.1) is 0 Å². The molecule has 1 fully saturated rings. The fraction of sp³-hybridized carbons (Fsp3) is 0.444. The van der Waals surface area contributed by atoms with E-state index in [0.29, 0.717) is 18.7 Å². The number of benzene rings is 1. The molecular formula is C18H24N2O3. The molecule has 5 nitrogen and oxygen atoms in total. The molecule has 1 aromatic rings. The largest absolute Gasteiger partial charge is 0.376 e. The maximum Gasteiger partial charge on any atom is 0.251 e. The van der Waals surface area contributed by atoms with Crippen LogP contribution in [0.25, 0.3) is 0 Å². The van der Waals surface area contributed by atoms with Gasteiger partial charge in [-0.05, 0) is 44.4 Å². The molecule has 5 heteroatoms. The minimum absolute atomic E-state index is 0.113. The normalized spacial score (nSPS) is 16.7. The van der Waals surface area contributed by atoms with Gasteiger partial charge in [-0.25, -0.2) is 0 Å². The Hall–Kier alpha value is -2.14. The second kappa shape index (κ2) is 8.48. The molecule has 1 atom stereocenters. The maximum absolute atomic E-state index is 12.2. The Morgan fingerprint density at radius 3 is 2.83 bits per heavy atom. The van der Waals surface area contributed by atoms with Crippen LogP contribution in [0.3, 0.4) is 0 Å². The predicted octanol–water partition coefficient (Wildman–Crippen LogP) is 2.18. The zero-order valence-corrected chi connectivity index (χ0v) is 13.7. The number of amides is 2. The molecule has 0 aromatic heterocycles. The second-order valence-corrected chi connectivity index (χ2v) is 5.98. The van der Waals surface area contributed by atoms with Gasteiger partial charge in [0.1, 0.15) is 0 Å². The van der Waals surface area contributed by atoms with Gasteiger partial charge >= 0.3 is 0 Å². The standard InChI is InChI=1S/C18H24N2O3/c1-13(2)9-17(21)19-11-14-5-3-6-15(10-14)18(22)20-12-16-7-4-8-23-16/h3,5-6,9-10,16H,4,7-8,11-12H2,1-2H3,(H,19,21)(H,20,22). The average molecular weight is 316 g/mol. The van der Waals surface area contributed by atoms with E-state index in [1.54, 1.807) is 18.2 Å². The molecule has 1 aliphatic rings. The van der Waals surface area contributed by atoms with Crippen LogP contribution in [0.2, 0.25) is 0 Å². The lowest BCUT2D eigenvalue weighted by atomic mass is 10.1. The Labute approximate surface area is 137 Å². The highest BCUT2D eigenvalue weighted by atomic mass is 16.5. The van der Waals surface area contributed by atoms with Crippen LogP contribution in [0.1, 0.15) is 42.6 Å². The smallest absolute Gasteiger partial charge is 0.251 e. The van der Waals surface area contributed by atoms with Gasteiger partial charge in [-0.2, -0.15) is 0 Å². The monoisotopic (exact) mass is 316 g/mol. The minimum atomic E-state index is -0.127. The van der Waals surface area contributed by atoms with Gasteiger partial charge < -0.3 is 15.4 Å². The zero-order chi connectivity index (χ0) is 16.7. The van der Waals surface area contributed by atoms with E-state index in [1.165, 1.54) is 0 Å². The summed E-state index contributed by atoms with van der Waals surface area (Å²) in [5.74, 6) is -0.240. The van der Waals surface area contributed by atoms with E-state index < -0.39 is 0 Å². The summed E-state index contributed by atoms with van der Waals surface area (Å²) in [6, 6.07) is 7.28. The lowest BCUT2D eigenvalue weighted by molar-refractivity contribution is -0.116. The third-order valence-corrected chi connectivity index (χ3v) is 3.59.